The number of nitrogens with zero attached hydrogens (tertiary/aromatic N) is 2. The number of carbonyl (C=O) groups is 3. The Morgan fingerprint density at radius 1 is 1.00 bits per heavy atom. The molecule has 2 amide bonds. The smallest absolute Gasteiger partial charge is 0.320 e. The Morgan fingerprint density at radius 2 is 1.55 bits per heavy atom. The van der Waals surface area contributed by atoms with Crippen molar-refractivity contribution in [3.63, 3.8) is 0 Å². The quantitative estimate of drug-likeness (QED) is 0.742. The molecule has 7 heteroatoms. The summed E-state index contributed by atoms with van der Waals surface area (Å²) in [5.41, 5.74) is 0. The number of esters is 1. The van der Waals surface area contributed by atoms with Crippen molar-refractivity contribution in [2.24, 2.45) is 11.8 Å². The molecule has 112 valence electrons. The molecule has 1 N–H and O–H groups in total. The Balaban J connectivity index is 1.83. The molecule has 2 saturated heterocycles. The highest BCUT2D eigenvalue weighted by molar-refractivity contribution is 5.78. The second-order valence-electron chi connectivity index (χ2n) is 5.34. The van der Waals surface area contributed by atoms with Crippen LogP contribution in [-0.2, 0) is 14.3 Å². The number of carbonyl (C=O) groups excluding carboxylic acids is 2. The molecule has 2 aliphatic heterocycles. The normalized spacial score (nSPS) is 23.8. The molecule has 0 aliphatic carbocycles. The van der Waals surface area contributed by atoms with Crippen molar-refractivity contribution in [2.45, 2.75) is 19.3 Å². The number of amides is 2. The lowest BCUT2D eigenvalue weighted by molar-refractivity contribution is -0.147. The van der Waals surface area contributed by atoms with Gasteiger partial charge in [0.15, 0.2) is 0 Å². The Hall–Kier alpha value is -1.79. The van der Waals surface area contributed by atoms with Crippen LogP contribution in [0.5, 0.6) is 0 Å². The molecule has 0 saturated carbocycles. The molecule has 7 nitrogen and oxygen atoms in total. The molecule has 1 atom stereocenters. The lowest BCUT2D eigenvalue weighted by Gasteiger charge is -2.33. The van der Waals surface area contributed by atoms with Crippen molar-refractivity contribution in [1.82, 2.24) is 9.80 Å². The summed E-state index contributed by atoms with van der Waals surface area (Å²) in [7, 11) is 1.37. The van der Waals surface area contributed by atoms with Crippen molar-refractivity contribution < 1.29 is 24.2 Å². The molecule has 0 aromatic rings. The summed E-state index contributed by atoms with van der Waals surface area (Å²) in [5, 5.41) is 8.94. The van der Waals surface area contributed by atoms with Gasteiger partial charge in [-0.25, -0.2) is 4.79 Å². The zero-order valence-corrected chi connectivity index (χ0v) is 11.6. The van der Waals surface area contributed by atoms with Gasteiger partial charge < -0.3 is 19.6 Å². The van der Waals surface area contributed by atoms with Crippen molar-refractivity contribution >= 4 is 18.0 Å². The van der Waals surface area contributed by atoms with Gasteiger partial charge in [0, 0.05) is 26.2 Å². The van der Waals surface area contributed by atoms with Gasteiger partial charge in [-0.3, -0.25) is 9.59 Å². The van der Waals surface area contributed by atoms with Crippen LogP contribution in [0.2, 0.25) is 0 Å². The van der Waals surface area contributed by atoms with Gasteiger partial charge in [0.2, 0.25) is 0 Å². The van der Waals surface area contributed by atoms with Crippen LogP contribution in [0.15, 0.2) is 0 Å². The monoisotopic (exact) mass is 284 g/mol. The Kier molecular flexibility index (Phi) is 4.46. The van der Waals surface area contributed by atoms with E-state index in [0.29, 0.717) is 38.9 Å². The molecule has 0 bridgehead atoms. The summed E-state index contributed by atoms with van der Waals surface area (Å²) >= 11 is 0. The molecule has 0 radical (unpaired) electrons. The van der Waals surface area contributed by atoms with Crippen LogP contribution in [0, 0.1) is 11.8 Å². The van der Waals surface area contributed by atoms with E-state index < -0.39 is 11.9 Å². The van der Waals surface area contributed by atoms with Gasteiger partial charge in [-0.05, 0) is 19.3 Å². The van der Waals surface area contributed by atoms with E-state index in [4.69, 9.17) is 9.84 Å². The lowest BCUT2D eigenvalue weighted by atomic mass is 9.97. The number of carboxylic acid groups (broad SMARTS) is 1. The number of hydrogen-bond donors (Lipinski definition) is 1. The SMILES string of the molecule is COC(=O)C1CCN(C(=O)N2CCC(C(=O)O)C2)CC1. The minimum Gasteiger partial charge on any atom is -0.481 e. The molecule has 2 aliphatic rings. The van der Waals surface area contributed by atoms with E-state index in [0.717, 1.165) is 0 Å². The van der Waals surface area contributed by atoms with E-state index in [2.05, 4.69) is 0 Å². The largest absolute Gasteiger partial charge is 0.481 e. The predicted molar refractivity (Wildman–Crippen MR) is 69.0 cm³/mol. The summed E-state index contributed by atoms with van der Waals surface area (Å²) in [6.07, 6.45) is 1.73. The Bertz CT molecular complexity index is 404. The second kappa shape index (κ2) is 6.11. The number of methoxy groups -OCH3 is 1. The van der Waals surface area contributed by atoms with Crippen LogP contribution < -0.4 is 0 Å². The first-order chi connectivity index (χ1) is 9.52. The van der Waals surface area contributed by atoms with Crippen LogP contribution in [0.25, 0.3) is 0 Å². The molecule has 0 aromatic carbocycles. The van der Waals surface area contributed by atoms with Crippen LogP contribution in [-0.4, -0.2) is 66.2 Å². The number of likely N-dealkylation sites (tertiary alicyclic amines) is 2. The highest BCUT2D eigenvalue weighted by Gasteiger charge is 2.35. The standard InChI is InChI=1S/C13H20N2O5/c1-20-12(18)9-2-5-14(6-3-9)13(19)15-7-4-10(8-15)11(16)17/h9-10H,2-8H2,1H3,(H,16,17). The van der Waals surface area contributed by atoms with Crippen LogP contribution in [0.1, 0.15) is 19.3 Å². The molecule has 0 aromatic heterocycles. The van der Waals surface area contributed by atoms with E-state index >= 15 is 0 Å². The fraction of sp³-hybridized carbons (Fsp3) is 0.769. The van der Waals surface area contributed by atoms with E-state index in [1.165, 1.54) is 7.11 Å². The van der Waals surface area contributed by atoms with E-state index in [9.17, 15) is 14.4 Å². The summed E-state index contributed by atoms with van der Waals surface area (Å²) in [6.45, 7) is 1.82. The van der Waals surface area contributed by atoms with Gasteiger partial charge in [-0.15, -0.1) is 0 Å². The van der Waals surface area contributed by atoms with Gasteiger partial charge in [0.1, 0.15) is 0 Å². The molecule has 2 fully saturated rings. The fourth-order valence-electron chi connectivity index (χ4n) is 2.81. The first-order valence-corrected chi connectivity index (χ1v) is 6.87. The third-order valence-corrected chi connectivity index (χ3v) is 4.11. The van der Waals surface area contributed by atoms with Gasteiger partial charge in [-0.1, -0.05) is 0 Å². The van der Waals surface area contributed by atoms with E-state index in [1.807, 2.05) is 0 Å². The fourth-order valence-corrected chi connectivity index (χ4v) is 2.81. The third-order valence-electron chi connectivity index (χ3n) is 4.11. The first-order valence-electron chi connectivity index (χ1n) is 6.87. The zero-order chi connectivity index (χ0) is 14.7. The number of aliphatic carboxylic acids is 1. The van der Waals surface area contributed by atoms with Gasteiger partial charge in [0.25, 0.3) is 0 Å². The van der Waals surface area contributed by atoms with Crippen LogP contribution in [0.3, 0.4) is 0 Å². The number of piperidine rings is 1. The minimum absolute atomic E-state index is 0.114. The van der Waals surface area contributed by atoms with Gasteiger partial charge in [-0.2, -0.15) is 0 Å². The number of hydrogen-bond acceptors (Lipinski definition) is 4. The Morgan fingerprint density at radius 3 is 2.05 bits per heavy atom. The molecular weight excluding hydrogens is 264 g/mol. The van der Waals surface area contributed by atoms with Crippen molar-refractivity contribution in [3.8, 4) is 0 Å². The third kappa shape index (κ3) is 3.02. The molecular formula is C13H20N2O5. The maximum Gasteiger partial charge on any atom is 0.320 e. The Labute approximate surface area is 117 Å². The molecule has 1 unspecified atom stereocenters. The van der Waals surface area contributed by atoms with Crippen molar-refractivity contribution in [3.05, 3.63) is 0 Å². The number of carboxylic acids is 1. The van der Waals surface area contributed by atoms with Crippen molar-refractivity contribution in [1.29, 1.82) is 0 Å². The van der Waals surface area contributed by atoms with Gasteiger partial charge >= 0.3 is 18.0 Å². The highest BCUT2D eigenvalue weighted by Crippen LogP contribution is 2.22. The predicted octanol–water partition coefficient (Wildman–Crippen LogP) is 0.398. The second-order valence-corrected chi connectivity index (χ2v) is 5.34. The number of rotatable bonds is 2. The summed E-state index contributed by atoms with van der Waals surface area (Å²) in [4.78, 5) is 37.9. The lowest BCUT2D eigenvalue weighted by Crippen LogP contribution is -2.47. The maximum atomic E-state index is 12.3. The average molecular weight is 284 g/mol. The minimum atomic E-state index is -0.843. The number of ether oxygens (including phenoxy) is 1. The van der Waals surface area contributed by atoms with Crippen LogP contribution in [0.4, 0.5) is 4.79 Å². The molecule has 2 rings (SSSR count). The van der Waals surface area contributed by atoms with E-state index in [-0.39, 0.29) is 24.5 Å². The maximum absolute atomic E-state index is 12.3. The number of urea groups is 1. The molecule has 20 heavy (non-hydrogen) atoms. The highest BCUT2D eigenvalue weighted by atomic mass is 16.5. The molecule has 0 spiro atoms. The molecule has 2 heterocycles. The van der Waals surface area contributed by atoms with E-state index in [1.54, 1.807) is 9.80 Å². The van der Waals surface area contributed by atoms with Crippen molar-refractivity contribution in [2.75, 3.05) is 33.3 Å². The van der Waals surface area contributed by atoms with Gasteiger partial charge in [0.05, 0.1) is 18.9 Å². The van der Waals surface area contributed by atoms with Crippen LogP contribution >= 0.6 is 0 Å². The zero-order valence-electron chi connectivity index (χ0n) is 11.6. The topological polar surface area (TPSA) is 87.2 Å². The summed E-state index contributed by atoms with van der Waals surface area (Å²) < 4.78 is 4.71. The summed E-state index contributed by atoms with van der Waals surface area (Å²) in [5.74, 6) is -1.64. The first kappa shape index (κ1) is 14.6. The summed E-state index contributed by atoms with van der Waals surface area (Å²) in [6, 6.07) is -0.114. The average Bonchev–Trinajstić information content (AvgIpc) is 2.96.